The fourth-order valence-corrected chi connectivity index (χ4v) is 3.11. The van der Waals surface area contributed by atoms with Gasteiger partial charge in [0.25, 0.3) is 0 Å². The van der Waals surface area contributed by atoms with Gasteiger partial charge in [0.15, 0.2) is 0 Å². The summed E-state index contributed by atoms with van der Waals surface area (Å²) in [6, 6.07) is 7.45. The molecule has 1 heterocycles. The van der Waals surface area contributed by atoms with Crippen LogP contribution in [0.3, 0.4) is 0 Å². The smallest absolute Gasteiger partial charge is 0.0541 e. The van der Waals surface area contributed by atoms with Gasteiger partial charge in [0.1, 0.15) is 0 Å². The number of hydrogen-bond donors (Lipinski definition) is 1. The molecule has 19 heavy (non-hydrogen) atoms. The van der Waals surface area contributed by atoms with Gasteiger partial charge < -0.3 is 15.1 Å². The molecule has 1 saturated heterocycles. The van der Waals surface area contributed by atoms with E-state index in [1.165, 1.54) is 29.8 Å². The van der Waals surface area contributed by atoms with E-state index in [9.17, 15) is 0 Å². The first-order valence-corrected chi connectivity index (χ1v) is 7.28. The van der Waals surface area contributed by atoms with Crippen LogP contribution >= 0.6 is 0 Å². The Labute approximate surface area is 117 Å². The van der Waals surface area contributed by atoms with Crippen molar-refractivity contribution in [3.05, 3.63) is 29.3 Å². The molecular weight excluding hydrogens is 234 g/mol. The number of nitrogens with one attached hydrogen (secondary N) is 1. The number of likely N-dealkylation sites (N-methyl/N-ethyl adjacent to an activating group) is 2. The van der Waals surface area contributed by atoms with Crippen LogP contribution < -0.4 is 10.2 Å². The van der Waals surface area contributed by atoms with Crippen molar-refractivity contribution >= 4 is 5.69 Å². The highest BCUT2D eigenvalue weighted by molar-refractivity contribution is 5.52. The van der Waals surface area contributed by atoms with Gasteiger partial charge in [-0.25, -0.2) is 0 Å². The van der Waals surface area contributed by atoms with Gasteiger partial charge >= 0.3 is 0 Å². The SMILES string of the molecule is CNCC1CN(C)CCCN1c1cc(C)cc(C)c1. The second-order valence-corrected chi connectivity index (χ2v) is 5.87. The van der Waals surface area contributed by atoms with Gasteiger partial charge in [-0.3, -0.25) is 0 Å². The summed E-state index contributed by atoms with van der Waals surface area (Å²) >= 11 is 0. The third kappa shape index (κ3) is 3.71. The maximum Gasteiger partial charge on any atom is 0.0541 e. The minimum atomic E-state index is 0.554. The Morgan fingerprint density at radius 2 is 1.84 bits per heavy atom. The van der Waals surface area contributed by atoms with Crippen LogP contribution in [-0.4, -0.2) is 51.2 Å². The van der Waals surface area contributed by atoms with E-state index < -0.39 is 0 Å². The standard InChI is InChI=1S/C16H27N3/c1-13-8-14(2)10-15(9-13)19-7-5-6-18(4)12-16(19)11-17-3/h8-10,16-17H,5-7,11-12H2,1-4H3. The molecule has 0 spiro atoms. The first kappa shape index (κ1) is 14.4. The van der Waals surface area contributed by atoms with Crippen molar-refractivity contribution in [1.29, 1.82) is 0 Å². The van der Waals surface area contributed by atoms with E-state index in [2.05, 4.69) is 54.2 Å². The molecule has 0 amide bonds. The van der Waals surface area contributed by atoms with Crippen molar-refractivity contribution in [2.24, 2.45) is 0 Å². The molecule has 1 N–H and O–H groups in total. The van der Waals surface area contributed by atoms with E-state index in [1.807, 2.05) is 7.05 Å². The van der Waals surface area contributed by atoms with Crippen LogP contribution in [0, 0.1) is 13.8 Å². The van der Waals surface area contributed by atoms with Gasteiger partial charge in [-0.05, 0) is 64.2 Å². The fraction of sp³-hybridized carbons (Fsp3) is 0.625. The quantitative estimate of drug-likeness (QED) is 0.898. The summed E-state index contributed by atoms with van der Waals surface area (Å²) in [6.07, 6.45) is 1.24. The topological polar surface area (TPSA) is 18.5 Å². The highest BCUT2D eigenvalue weighted by Gasteiger charge is 2.23. The molecule has 2 rings (SSSR count). The molecule has 0 saturated carbocycles. The second kappa shape index (κ2) is 6.40. The Kier molecular flexibility index (Phi) is 4.83. The number of hydrogen-bond acceptors (Lipinski definition) is 3. The van der Waals surface area contributed by atoms with E-state index in [1.54, 1.807) is 0 Å². The molecule has 1 unspecified atom stereocenters. The molecule has 0 bridgehead atoms. The molecule has 1 aliphatic rings. The highest BCUT2D eigenvalue weighted by atomic mass is 15.2. The Morgan fingerprint density at radius 1 is 1.16 bits per heavy atom. The van der Waals surface area contributed by atoms with Crippen molar-refractivity contribution < 1.29 is 0 Å². The molecule has 1 aromatic rings. The fourth-order valence-electron chi connectivity index (χ4n) is 3.11. The summed E-state index contributed by atoms with van der Waals surface area (Å²) in [5, 5.41) is 3.35. The average molecular weight is 261 g/mol. The lowest BCUT2D eigenvalue weighted by Gasteiger charge is -2.33. The molecule has 0 aliphatic carbocycles. The van der Waals surface area contributed by atoms with E-state index in [4.69, 9.17) is 0 Å². The van der Waals surface area contributed by atoms with E-state index in [0.29, 0.717) is 6.04 Å². The molecule has 3 nitrogen and oxygen atoms in total. The first-order chi connectivity index (χ1) is 9.10. The molecule has 1 atom stereocenters. The lowest BCUT2D eigenvalue weighted by molar-refractivity contribution is 0.328. The number of aryl methyl sites for hydroxylation is 2. The first-order valence-electron chi connectivity index (χ1n) is 7.28. The zero-order chi connectivity index (χ0) is 13.8. The van der Waals surface area contributed by atoms with Crippen molar-refractivity contribution in [3.63, 3.8) is 0 Å². The zero-order valence-corrected chi connectivity index (χ0v) is 12.7. The summed E-state index contributed by atoms with van der Waals surface area (Å²) in [7, 11) is 4.28. The van der Waals surface area contributed by atoms with E-state index >= 15 is 0 Å². The van der Waals surface area contributed by atoms with Crippen molar-refractivity contribution in [1.82, 2.24) is 10.2 Å². The van der Waals surface area contributed by atoms with Crippen LogP contribution in [0.15, 0.2) is 18.2 Å². The normalized spacial score (nSPS) is 21.5. The number of anilines is 1. The monoisotopic (exact) mass is 261 g/mol. The van der Waals surface area contributed by atoms with E-state index in [0.717, 1.165) is 19.6 Å². The van der Waals surface area contributed by atoms with E-state index in [-0.39, 0.29) is 0 Å². The third-order valence-electron chi connectivity index (χ3n) is 3.88. The second-order valence-electron chi connectivity index (χ2n) is 5.87. The summed E-state index contributed by atoms with van der Waals surface area (Å²) in [4.78, 5) is 5.03. The summed E-state index contributed by atoms with van der Waals surface area (Å²) < 4.78 is 0. The van der Waals surface area contributed by atoms with Crippen LogP contribution in [0.4, 0.5) is 5.69 Å². The van der Waals surface area contributed by atoms with Gasteiger partial charge in [0.2, 0.25) is 0 Å². The van der Waals surface area contributed by atoms with Crippen molar-refractivity contribution in [2.45, 2.75) is 26.3 Å². The van der Waals surface area contributed by atoms with Crippen LogP contribution in [0.2, 0.25) is 0 Å². The van der Waals surface area contributed by atoms with Crippen LogP contribution in [-0.2, 0) is 0 Å². The molecular formula is C16H27N3. The molecule has 1 aliphatic heterocycles. The van der Waals surface area contributed by atoms with Gasteiger partial charge in [-0.15, -0.1) is 0 Å². The predicted octanol–water partition coefficient (Wildman–Crippen LogP) is 2.03. The lowest BCUT2D eigenvalue weighted by Crippen LogP contribution is -2.46. The molecule has 1 aromatic carbocycles. The Morgan fingerprint density at radius 3 is 2.47 bits per heavy atom. The maximum absolute atomic E-state index is 3.35. The Bertz CT molecular complexity index is 396. The maximum atomic E-state index is 3.35. The van der Waals surface area contributed by atoms with Gasteiger partial charge in [-0.2, -0.15) is 0 Å². The summed E-state index contributed by atoms with van der Waals surface area (Å²) in [5.74, 6) is 0. The average Bonchev–Trinajstić information content (AvgIpc) is 2.50. The van der Waals surface area contributed by atoms with Gasteiger partial charge in [0.05, 0.1) is 6.04 Å². The molecule has 3 heteroatoms. The largest absolute Gasteiger partial charge is 0.366 e. The third-order valence-corrected chi connectivity index (χ3v) is 3.88. The summed E-state index contributed by atoms with van der Waals surface area (Å²) in [5.41, 5.74) is 4.10. The predicted molar refractivity (Wildman–Crippen MR) is 83.1 cm³/mol. The summed E-state index contributed by atoms with van der Waals surface area (Å²) in [6.45, 7) is 8.90. The minimum Gasteiger partial charge on any atom is -0.366 e. The van der Waals surface area contributed by atoms with Crippen LogP contribution in [0.25, 0.3) is 0 Å². The number of rotatable bonds is 3. The molecule has 106 valence electrons. The van der Waals surface area contributed by atoms with Crippen molar-refractivity contribution in [3.8, 4) is 0 Å². The van der Waals surface area contributed by atoms with Crippen LogP contribution in [0.1, 0.15) is 17.5 Å². The zero-order valence-electron chi connectivity index (χ0n) is 12.7. The Balaban J connectivity index is 2.27. The van der Waals surface area contributed by atoms with Gasteiger partial charge in [0, 0.05) is 25.3 Å². The Hall–Kier alpha value is -1.06. The van der Waals surface area contributed by atoms with Gasteiger partial charge in [-0.1, -0.05) is 6.07 Å². The highest BCUT2D eigenvalue weighted by Crippen LogP contribution is 2.23. The lowest BCUT2D eigenvalue weighted by atomic mass is 10.1. The van der Waals surface area contributed by atoms with Crippen molar-refractivity contribution in [2.75, 3.05) is 45.2 Å². The number of benzene rings is 1. The molecule has 1 fully saturated rings. The van der Waals surface area contributed by atoms with Crippen LogP contribution in [0.5, 0.6) is 0 Å². The molecule has 0 radical (unpaired) electrons. The number of nitrogens with zero attached hydrogens (tertiary/aromatic N) is 2. The minimum absolute atomic E-state index is 0.554. The molecule has 0 aromatic heterocycles.